The van der Waals surface area contributed by atoms with E-state index in [-0.39, 0.29) is 11.7 Å². The summed E-state index contributed by atoms with van der Waals surface area (Å²) in [6.07, 6.45) is 1.51. The second-order valence-electron chi connectivity index (χ2n) is 4.18. The maximum Gasteiger partial charge on any atom is 0.290 e. The summed E-state index contributed by atoms with van der Waals surface area (Å²) in [6, 6.07) is 7.60. The molecule has 0 aliphatic carbocycles. The van der Waals surface area contributed by atoms with E-state index in [0.717, 1.165) is 11.1 Å². The zero-order chi connectivity index (χ0) is 14.4. The third kappa shape index (κ3) is 3.25. The van der Waals surface area contributed by atoms with Gasteiger partial charge in [0.1, 0.15) is 0 Å². The van der Waals surface area contributed by atoms with Crippen LogP contribution >= 0.6 is 0 Å². The first kappa shape index (κ1) is 13.8. The van der Waals surface area contributed by atoms with Crippen LogP contribution in [0.3, 0.4) is 0 Å². The van der Waals surface area contributed by atoms with Crippen molar-refractivity contribution in [1.82, 2.24) is 10.5 Å². The van der Waals surface area contributed by atoms with Gasteiger partial charge in [0.2, 0.25) is 5.76 Å². The molecule has 20 heavy (non-hydrogen) atoms. The molecule has 1 aromatic carbocycles. The minimum atomic E-state index is -0.290. The van der Waals surface area contributed by atoms with Gasteiger partial charge in [-0.25, -0.2) is 0 Å². The molecule has 0 radical (unpaired) electrons. The van der Waals surface area contributed by atoms with Crippen molar-refractivity contribution < 1.29 is 9.32 Å². The van der Waals surface area contributed by atoms with Gasteiger partial charge in [0.25, 0.3) is 5.91 Å². The lowest BCUT2D eigenvalue weighted by Crippen LogP contribution is -2.23. The van der Waals surface area contributed by atoms with Gasteiger partial charge in [-0.2, -0.15) is 0 Å². The Bertz CT molecular complexity index is 665. The van der Waals surface area contributed by atoms with Crippen LogP contribution in [0.5, 0.6) is 0 Å². The molecule has 0 bridgehead atoms. The number of nitrogens with two attached hydrogens (primary N) is 1. The minimum absolute atomic E-state index is 0.232. The number of benzene rings is 1. The average Bonchev–Trinajstić information content (AvgIpc) is 2.89. The highest BCUT2D eigenvalue weighted by Gasteiger charge is 2.13. The predicted molar refractivity (Wildman–Crippen MR) is 74.8 cm³/mol. The van der Waals surface area contributed by atoms with Crippen LogP contribution in [0.2, 0.25) is 0 Å². The maximum absolute atomic E-state index is 11.9. The number of rotatable bonds is 3. The number of nitrogens with zero attached hydrogens (tertiary/aromatic N) is 1. The van der Waals surface area contributed by atoms with Crippen LogP contribution < -0.4 is 11.1 Å². The van der Waals surface area contributed by atoms with Gasteiger partial charge in [0.05, 0.1) is 12.7 Å². The molecule has 5 heteroatoms. The molecule has 0 atom stereocenters. The molecule has 0 unspecified atom stereocenters. The van der Waals surface area contributed by atoms with Crippen LogP contribution in [0.4, 0.5) is 0 Å². The van der Waals surface area contributed by atoms with Crippen molar-refractivity contribution in [3.05, 3.63) is 52.9 Å². The summed E-state index contributed by atoms with van der Waals surface area (Å²) in [5, 5.41) is 6.37. The molecule has 3 N–H and O–H groups in total. The Morgan fingerprint density at radius 2 is 2.25 bits per heavy atom. The molecule has 2 aromatic rings. The van der Waals surface area contributed by atoms with Gasteiger partial charge in [0, 0.05) is 17.7 Å². The lowest BCUT2D eigenvalue weighted by Gasteiger charge is -2.06. The van der Waals surface area contributed by atoms with Gasteiger partial charge in [-0.1, -0.05) is 35.2 Å². The number of nitrogens with one attached hydrogen (secondary N) is 1. The van der Waals surface area contributed by atoms with Gasteiger partial charge in [0.15, 0.2) is 0 Å². The highest BCUT2D eigenvalue weighted by Crippen LogP contribution is 2.09. The molecule has 1 amide bonds. The zero-order valence-corrected chi connectivity index (χ0v) is 11.1. The van der Waals surface area contributed by atoms with Crippen LogP contribution in [-0.4, -0.2) is 17.6 Å². The van der Waals surface area contributed by atoms with Gasteiger partial charge >= 0.3 is 0 Å². The Balaban J connectivity index is 2.08. The number of hydrogen-bond donors (Lipinski definition) is 2. The molecule has 2 rings (SSSR count). The van der Waals surface area contributed by atoms with E-state index in [9.17, 15) is 4.79 Å². The normalized spacial score (nSPS) is 9.70. The molecular weight excluding hydrogens is 254 g/mol. The molecule has 0 aliphatic heterocycles. The lowest BCUT2D eigenvalue weighted by molar-refractivity contribution is 0.0913. The molecular formula is C15H15N3O2. The highest BCUT2D eigenvalue weighted by atomic mass is 16.5. The van der Waals surface area contributed by atoms with Crippen molar-refractivity contribution in [2.45, 2.75) is 13.5 Å². The summed E-state index contributed by atoms with van der Waals surface area (Å²) in [4.78, 5) is 11.9. The largest absolute Gasteiger partial charge is 0.351 e. The fourth-order valence-electron chi connectivity index (χ4n) is 1.71. The average molecular weight is 269 g/mol. The van der Waals surface area contributed by atoms with Crippen molar-refractivity contribution in [2.75, 3.05) is 6.54 Å². The maximum atomic E-state index is 11.9. The first-order chi connectivity index (χ1) is 9.72. The van der Waals surface area contributed by atoms with E-state index < -0.39 is 0 Å². The van der Waals surface area contributed by atoms with E-state index in [1.54, 1.807) is 6.92 Å². The number of carbonyl (C=O) groups excluding carboxylic acids is 1. The standard InChI is InChI=1S/C15H15N3O2/c1-11-9-18-20-14(11)15(19)17-10-13-6-3-2-5-12(13)7-4-8-16/h2-3,5-6,9H,8,10,16H2,1H3,(H,17,19). The van der Waals surface area contributed by atoms with Crippen molar-refractivity contribution in [3.63, 3.8) is 0 Å². The Hall–Kier alpha value is -2.58. The summed E-state index contributed by atoms with van der Waals surface area (Å²) >= 11 is 0. The lowest BCUT2D eigenvalue weighted by atomic mass is 10.1. The molecule has 0 fully saturated rings. The van der Waals surface area contributed by atoms with Gasteiger partial charge in [-0.15, -0.1) is 0 Å². The monoisotopic (exact) mass is 269 g/mol. The summed E-state index contributed by atoms with van der Waals surface area (Å²) in [5.74, 6) is 5.73. The molecule has 0 saturated heterocycles. The minimum Gasteiger partial charge on any atom is -0.351 e. The fourth-order valence-corrected chi connectivity index (χ4v) is 1.71. The molecule has 0 spiro atoms. The first-order valence-electron chi connectivity index (χ1n) is 6.18. The molecule has 1 aromatic heterocycles. The number of hydrogen-bond acceptors (Lipinski definition) is 4. The molecule has 1 heterocycles. The second-order valence-corrected chi connectivity index (χ2v) is 4.18. The molecule has 0 aliphatic rings. The van der Waals surface area contributed by atoms with Crippen LogP contribution in [0.15, 0.2) is 35.0 Å². The third-order valence-corrected chi connectivity index (χ3v) is 2.74. The SMILES string of the molecule is Cc1cnoc1C(=O)NCc1ccccc1C#CCN. The van der Waals surface area contributed by atoms with Gasteiger partial charge in [-0.3, -0.25) is 4.79 Å². The summed E-state index contributed by atoms with van der Waals surface area (Å²) in [6.45, 7) is 2.44. The van der Waals surface area contributed by atoms with Gasteiger partial charge < -0.3 is 15.6 Å². The van der Waals surface area contributed by atoms with Crippen molar-refractivity contribution >= 4 is 5.91 Å². The van der Waals surface area contributed by atoms with E-state index >= 15 is 0 Å². The van der Waals surface area contributed by atoms with Crippen LogP contribution in [-0.2, 0) is 6.54 Å². The van der Waals surface area contributed by atoms with Crippen LogP contribution in [0.1, 0.15) is 27.2 Å². The van der Waals surface area contributed by atoms with Crippen molar-refractivity contribution in [3.8, 4) is 11.8 Å². The first-order valence-corrected chi connectivity index (χ1v) is 6.18. The number of carbonyl (C=O) groups is 1. The predicted octanol–water partition coefficient (Wildman–Crippen LogP) is 1.22. The quantitative estimate of drug-likeness (QED) is 0.821. The van der Waals surface area contributed by atoms with E-state index in [1.807, 2.05) is 24.3 Å². The van der Waals surface area contributed by atoms with Crippen LogP contribution in [0, 0.1) is 18.8 Å². The van der Waals surface area contributed by atoms with E-state index in [0.29, 0.717) is 18.7 Å². The molecule has 0 saturated carbocycles. The van der Waals surface area contributed by atoms with Gasteiger partial charge in [-0.05, 0) is 18.6 Å². The molecule has 5 nitrogen and oxygen atoms in total. The zero-order valence-electron chi connectivity index (χ0n) is 11.1. The Morgan fingerprint density at radius 1 is 1.45 bits per heavy atom. The molecule has 102 valence electrons. The van der Waals surface area contributed by atoms with E-state index in [4.69, 9.17) is 10.3 Å². The third-order valence-electron chi connectivity index (χ3n) is 2.74. The van der Waals surface area contributed by atoms with Crippen molar-refractivity contribution in [1.29, 1.82) is 0 Å². The Morgan fingerprint density at radius 3 is 2.95 bits per heavy atom. The van der Waals surface area contributed by atoms with Crippen molar-refractivity contribution in [2.24, 2.45) is 5.73 Å². The van der Waals surface area contributed by atoms with Crippen LogP contribution in [0.25, 0.3) is 0 Å². The number of aromatic nitrogens is 1. The topological polar surface area (TPSA) is 81.2 Å². The number of aryl methyl sites for hydroxylation is 1. The van der Waals surface area contributed by atoms with E-state index in [2.05, 4.69) is 22.3 Å². The summed E-state index contributed by atoms with van der Waals surface area (Å²) < 4.78 is 4.90. The van der Waals surface area contributed by atoms with E-state index in [1.165, 1.54) is 6.20 Å². The Kier molecular flexibility index (Phi) is 4.53. The Labute approximate surface area is 117 Å². The smallest absolute Gasteiger partial charge is 0.290 e. The number of amides is 1. The second kappa shape index (κ2) is 6.55. The fraction of sp³-hybridized carbons (Fsp3) is 0.200. The highest BCUT2D eigenvalue weighted by molar-refractivity contribution is 5.92. The summed E-state index contributed by atoms with van der Waals surface area (Å²) in [7, 11) is 0. The summed E-state index contributed by atoms with van der Waals surface area (Å²) in [5.41, 5.74) is 7.86.